The fourth-order valence-electron chi connectivity index (χ4n) is 4.37. The van der Waals surface area contributed by atoms with Crippen LogP contribution in [0.2, 0.25) is 5.82 Å². The number of hydrogen-bond acceptors (Lipinski definition) is 7. The maximum Gasteiger partial charge on any atom is 0.526 e. The van der Waals surface area contributed by atoms with E-state index in [1.54, 1.807) is 11.0 Å². The van der Waals surface area contributed by atoms with Crippen molar-refractivity contribution in [1.82, 2.24) is 10.2 Å². The van der Waals surface area contributed by atoms with Gasteiger partial charge >= 0.3 is 13.1 Å². The number of rotatable bonds is 5. The number of morpholine rings is 1. The molecule has 5 rings (SSSR count). The van der Waals surface area contributed by atoms with Crippen molar-refractivity contribution in [3.8, 4) is 11.5 Å². The van der Waals surface area contributed by atoms with E-state index in [1.807, 2.05) is 6.07 Å². The molecule has 1 saturated carbocycles. The van der Waals surface area contributed by atoms with E-state index in [2.05, 4.69) is 5.32 Å². The number of ether oxygens (including phenoxy) is 2. The summed E-state index contributed by atoms with van der Waals surface area (Å²) < 4.78 is 17.0. The van der Waals surface area contributed by atoms with Crippen molar-refractivity contribution >= 4 is 19.0 Å². The third kappa shape index (κ3) is 3.45. The maximum atomic E-state index is 12.4. The van der Waals surface area contributed by atoms with Crippen LogP contribution in [-0.2, 0) is 9.53 Å². The maximum absolute atomic E-state index is 12.4. The molecule has 3 atom stereocenters. The number of carbonyl (C=O) groups excluding carboxylic acids is 1. The van der Waals surface area contributed by atoms with E-state index >= 15 is 0 Å². The standard InChI is InChI=1S/C19H23BN2O7/c23-16(5-10-7-21-3-4-27-10)22-8-11(9-22)28-15-2-1-12-13-6-14(13)20(26)29-18(12)17(15)19(24)25/h1-2,10-11,13-14,21,26H,3-9H2,(H,24,25). The molecular formula is C19H23BN2O7. The number of likely N-dealkylation sites (tertiary alicyclic amines) is 1. The third-order valence-electron chi connectivity index (χ3n) is 6.11. The Morgan fingerprint density at radius 2 is 2.17 bits per heavy atom. The second kappa shape index (κ2) is 7.19. The van der Waals surface area contributed by atoms with Gasteiger partial charge in [0.15, 0.2) is 0 Å². The van der Waals surface area contributed by atoms with Crippen LogP contribution in [0.15, 0.2) is 12.1 Å². The molecule has 0 radical (unpaired) electrons. The summed E-state index contributed by atoms with van der Waals surface area (Å²) >= 11 is 0. The molecule has 9 nitrogen and oxygen atoms in total. The van der Waals surface area contributed by atoms with Crippen LogP contribution in [0.25, 0.3) is 0 Å². The summed E-state index contributed by atoms with van der Waals surface area (Å²) in [6, 6.07) is 3.48. The number of carboxylic acids is 1. The molecule has 154 valence electrons. The van der Waals surface area contributed by atoms with Gasteiger partial charge in [0.05, 0.1) is 32.2 Å². The van der Waals surface area contributed by atoms with Crippen molar-refractivity contribution in [2.24, 2.45) is 0 Å². The molecule has 1 aromatic carbocycles. The van der Waals surface area contributed by atoms with E-state index in [9.17, 15) is 19.7 Å². The second-order valence-electron chi connectivity index (χ2n) is 8.12. The summed E-state index contributed by atoms with van der Waals surface area (Å²) in [6.45, 7) is 2.90. The number of amides is 1. The number of benzene rings is 1. The quantitative estimate of drug-likeness (QED) is 0.593. The molecule has 0 bridgehead atoms. The molecule has 3 aliphatic heterocycles. The van der Waals surface area contributed by atoms with E-state index < -0.39 is 13.1 Å². The summed E-state index contributed by atoms with van der Waals surface area (Å²) in [5.41, 5.74) is 0.759. The zero-order valence-corrected chi connectivity index (χ0v) is 15.9. The van der Waals surface area contributed by atoms with E-state index in [1.165, 1.54) is 0 Å². The Morgan fingerprint density at radius 3 is 2.90 bits per heavy atom. The Bertz CT molecular complexity index is 838. The highest BCUT2D eigenvalue weighted by atomic mass is 16.5. The highest BCUT2D eigenvalue weighted by Crippen LogP contribution is 2.60. The fourth-order valence-corrected chi connectivity index (χ4v) is 4.37. The topological polar surface area (TPSA) is 118 Å². The van der Waals surface area contributed by atoms with Crippen LogP contribution < -0.4 is 14.7 Å². The van der Waals surface area contributed by atoms with Crippen molar-refractivity contribution in [1.29, 1.82) is 0 Å². The molecule has 3 heterocycles. The van der Waals surface area contributed by atoms with Gasteiger partial charge in [-0.3, -0.25) is 4.79 Å². The first-order valence-corrected chi connectivity index (χ1v) is 10.0. The average Bonchev–Trinajstić information content (AvgIpc) is 3.46. The Labute approximate surface area is 168 Å². The molecule has 3 N–H and O–H groups in total. The van der Waals surface area contributed by atoms with Gasteiger partial charge in [-0.25, -0.2) is 4.79 Å². The lowest BCUT2D eigenvalue weighted by Gasteiger charge is -2.40. The first kappa shape index (κ1) is 18.7. The van der Waals surface area contributed by atoms with Crippen molar-refractivity contribution < 1.29 is 33.8 Å². The van der Waals surface area contributed by atoms with Crippen molar-refractivity contribution in [3.63, 3.8) is 0 Å². The van der Waals surface area contributed by atoms with Crippen molar-refractivity contribution in [2.75, 3.05) is 32.8 Å². The normalized spacial score (nSPS) is 28.0. The highest BCUT2D eigenvalue weighted by molar-refractivity contribution is 6.48. The SMILES string of the molecule is O=C(O)c1c(OC2CN(C(=O)CC3CNCCO3)C2)ccc2c1OB(O)C1CC21. The molecule has 3 unspecified atom stereocenters. The summed E-state index contributed by atoms with van der Waals surface area (Å²) in [4.78, 5) is 25.9. The molecule has 1 amide bonds. The molecule has 0 spiro atoms. The first-order valence-electron chi connectivity index (χ1n) is 10.0. The number of hydrogen-bond donors (Lipinski definition) is 3. The smallest absolute Gasteiger partial charge is 0.526 e. The van der Waals surface area contributed by atoms with Crippen LogP contribution in [0.3, 0.4) is 0 Å². The molecule has 2 saturated heterocycles. The van der Waals surface area contributed by atoms with Gasteiger partial charge in [0.25, 0.3) is 0 Å². The first-order chi connectivity index (χ1) is 14.0. The number of nitrogens with one attached hydrogen (secondary N) is 1. The second-order valence-corrected chi connectivity index (χ2v) is 8.12. The summed E-state index contributed by atoms with van der Waals surface area (Å²) in [6.07, 6.45) is 0.744. The van der Waals surface area contributed by atoms with Crippen LogP contribution in [0.4, 0.5) is 0 Å². The molecule has 1 aromatic rings. The van der Waals surface area contributed by atoms with Gasteiger partial charge in [-0.2, -0.15) is 0 Å². The van der Waals surface area contributed by atoms with E-state index in [0.29, 0.717) is 32.7 Å². The summed E-state index contributed by atoms with van der Waals surface area (Å²) in [7, 11) is -0.978. The molecule has 3 fully saturated rings. The fraction of sp³-hybridized carbons (Fsp3) is 0.579. The van der Waals surface area contributed by atoms with Crippen LogP contribution in [0.1, 0.15) is 34.7 Å². The lowest BCUT2D eigenvalue weighted by Crippen LogP contribution is -2.57. The van der Waals surface area contributed by atoms with Gasteiger partial charge in [-0.15, -0.1) is 0 Å². The third-order valence-corrected chi connectivity index (χ3v) is 6.11. The Morgan fingerprint density at radius 1 is 1.34 bits per heavy atom. The van der Waals surface area contributed by atoms with Crippen LogP contribution in [0, 0.1) is 0 Å². The number of aromatic carboxylic acids is 1. The van der Waals surface area contributed by atoms with E-state index in [-0.39, 0.29) is 46.9 Å². The highest BCUT2D eigenvalue weighted by Gasteiger charge is 2.54. The molecular weight excluding hydrogens is 379 g/mol. The molecule has 4 aliphatic rings. The van der Waals surface area contributed by atoms with E-state index in [0.717, 1.165) is 18.5 Å². The van der Waals surface area contributed by atoms with Gasteiger partial charge in [-0.05, 0) is 24.0 Å². The zero-order valence-electron chi connectivity index (χ0n) is 15.9. The van der Waals surface area contributed by atoms with Gasteiger partial charge < -0.3 is 34.5 Å². The van der Waals surface area contributed by atoms with Crippen LogP contribution in [-0.4, -0.2) is 79.0 Å². The van der Waals surface area contributed by atoms with Crippen molar-refractivity contribution in [3.05, 3.63) is 23.3 Å². The zero-order chi connectivity index (χ0) is 20.1. The Hall–Kier alpha value is -2.30. The van der Waals surface area contributed by atoms with Crippen LogP contribution in [0.5, 0.6) is 11.5 Å². The number of fused-ring (bicyclic) bond motifs is 3. The van der Waals surface area contributed by atoms with E-state index in [4.69, 9.17) is 14.1 Å². The van der Waals surface area contributed by atoms with Gasteiger partial charge in [0.1, 0.15) is 23.2 Å². The Kier molecular flexibility index (Phi) is 4.64. The average molecular weight is 402 g/mol. The van der Waals surface area contributed by atoms with Crippen molar-refractivity contribution in [2.45, 2.75) is 36.8 Å². The minimum atomic E-state index is -1.16. The monoisotopic (exact) mass is 402 g/mol. The van der Waals surface area contributed by atoms with Crippen LogP contribution >= 0.6 is 0 Å². The molecule has 0 aromatic heterocycles. The number of carbonyl (C=O) groups is 2. The lowest BCUT2D eigenvalue weighted by molar-refractivity contribution is -0.143. The molecule has 29 heavy (non-hydrogen) atoms. The Balaban J connectivity index is 1.23. The van der Waals surface area contributed by atoms with Gasteiger partial charge in [0.2, 0.25) is 5.91 Å². The molecule has 10 heteroatoms. The minimum absolute atomic E-state index is 0.00804. The minimum Gasteiger partial charge on any atom is -0.535 e. The number of nitrogens with zero attached hydrogens (tertiary/aromatic N) is 1. The predicted octanol–water partition coefficient (Wildman–Crippen LogP) is 0.0833. The number of carboxylic acid groups (broad SMARTS) is 1. The molecule has 1 aliphatic carbocycles. The largest absolute Gasteiger partial charge is 0.535 e. The van der Waals surface area contributed by atoms with Gasteiger partial charge in [0, 0.05) is 18.9 Å². The summed E-state index contributed by atoms with van der Waals surface area (Å²) in [5, 5.41) is 22.9. The van der Waals surface area contributed by atoms with Gasteiger partial charge in [-0.1, -0.05) is 6.07 Å². The predicted molar refractivity (Wildman–Crippen MR) is 101 cm³/mol. The lowest BCUT2D eigenvalue weighted by atomic mass is 9.77. The summed E-state index contributed by atoms with van der Waals surface area (Å²) in [5.74, 6) is -0.541.